The van der Waals surface area contributed by atoms with Gasteiger partial charge >= 0.3 is 0 Å². The molecule has 0 saturated carbocycles. The highest BCUT2D eigenvalue weighted by atomic mass is 32.1. The van der Waals surface area contributed by atoms with Gasteiger partial charge in [-0.2, -0.15) is 0 Å². The molecule has 114 valence electrons. The summed E-state index contributed by atoms with van der Waals surface area (Å²) in [4.78, 5) is 9.61. The first-order valence-electron chi connectivity index (χ1n) is 9.44. The van der Waals surface area contributed by atoms with Crippen LogP contribution in [0.15, 0.2) is 48.7 Å². The van der Waals surface area contributed by atoms with Crippen molar-refractivity contribution in [2.75, 3.05) is 0 Å². The van der Waals surface area contributed by atoms with E-state index in [1.54, 1.807) is 12.3 Å². The first-order valence-corrected chi connectivity index (χ1v) is 8.26. The van der Waals surface area contributed by atoms with E-state index in [1.807, 2.05) is 50.2 Å². The molecule has 4 aromatic rings. The quantitative estimate of drug-likeness (QED) is 0.456. The maximum atomic E-state index is 8.28. The highest BCUT2D eigenvalue weighted by molar-refractivity contribution is 7.26. The third-order valence-corrected chi connectivity index (χ3v) is 5.13. The molecular weight excluding hydrogens is 300 g/mol. The molecule has 3 aromatic heterocycles. The van der Waals surface area contributed by atoms with E-state index in [4.69, 9.17) is 5.48 Å². The monoisotopic (exact) mass is 322 g/mol. The van der Waals surface area contributed by atoms with E-state index in [9.17, 15) is 0 Å². The number of thiophene rings is 1. The van der Waals surface area contributed by atoms with Gasteiger partial charge in [0.1, 0.15) is 4.83 Å². The minimum absolute atomic E-state index is 0.110. The van der Waals surface area contributed by atoms with E-state index >= 15 is 0 Å². The number of benzene rings is 1. The molecule has 0 saturated heterocycles. The van der Waals surface area contributed by atoms with Crippen LogP contribution in [0.5, 0.6) is 0 Å². The van der Waals surface area contributed by atoms with Gasteiger partial charge in [0.05, 0.1) is 5.69 Å². The van der Waals surface area contributed by atoms with Crippen LogP contribution in [0.25, 0.3) is 31.6 Å². The Morgan fingerprint density at radius 3 is 2.87 bits per heavy atom. The molecule has 1 aromatic carbocycles. The van der Waals surface area contributed by atoms with Gasteiger partial charge in [0, 0.05) is 38.4 Å². The third kappa shape index (κ3) is 2.41. The van der Waals surface area contributed by atoms with Crippen molar-refractivity contribution in [2.45, 2.75) is 26.6 Å². The second kappa shape index (κ2) is 5.43. The van der Waals surface area contributed by atoms with Crippen LogP contribution in [-0.4, -0.2) is 9.97 Å². The molecule has 2 nitrogen and oxygen atoms in total. The van der Waals surface area contributed by atoms with Crippen molar-refractivity contribution in [2.24, 2.45) is 0 Å². The fourth-order valence-corrected chi connectivity index (χ4v) is 3.97. The summed E-state index contributed by atoms with van der Waals surface area (Å²) >= 11 is 1.48. The SMILES string of the molecule is [2H]C([2H])([2H])c1ccc2c(n1)sc1c(-c3cc(C([2H])(C)C)ccn3)cccc12. The van der Waals surface area contributed by atoms with Crippen molar-refractivity contribution < 1.29 is 5.48 Å². The van der Waals surface area contributed by atoms with E-state index in [-0.39, 0.29) is 5.69 Å². The van der Waals surface area contributed by atoms with Gasteiger partial charge < -0.3 is 0 Å². The second-order valence-electron chi connectivity index (χ2n) is 5.76. The molecule has 0 aliphatic rings. The minimum Gasteiger partial charge on any atom is -0.256 e. The van der Waals surface area contributed by atoms with Crippen molar-refractivity contribution >= 4 is 31.6 Å². The largest absolute Gasteiger partial charge is 0.256 e. The fraction of sp³-hybridized carbons (Fsp3) is 0.200. The lowest BCUT2D eigenvalue weighted by molar-refractivity contribution is 0.864. The summed E-state index contributed by atoms with van der Waals surface area (Å²) in [7, 11) is 0. The van der Waals surface area contributed by atoms with Crippen molar-refractivity contribution in [3.63, 3.8) is 0 Å². The number of nitrogens with zero attached hydrogens (tertiary/aromatic N) is 2. The van der Waals surface area contributed by atoms with Crippen molar-refractivity contribution in [1.29, 1.82) is 0 Å². The molecule has 0 fully saturated rings. The molecule has 0 spiro atoms. The number of aromatic nitrogens is 2. The zero-order valence-corrected chi connectivity index (χ0v) is 13.7. The smallest absolute Gasteiger partial charge is 0.124 e. The number of hydrogen-bond acceptors (Lipinski definition) is 3. The Bertz CT molecular complexity index is 1160. The molecule has 0 bridgehead atoms. The van der Waals surface area contributed by atoms with Crippen LogP contribution in [0.1, 0.15) is 36.5 Å². The second-order valence-corrected chi connectivity index (χ2v) is 6.76. The molecule has 0 radical (unpaired) electrons. The summed E-state index contributed by atoms with van der Waals surface area (Å²) in [5, 5.41) is 1.98. The first-order chi connectivity index (χ1) is 12.6. The summed E-state index contributed by atoms with van der Waals surface area (Å²) in [6.07, 6.45) is 1.73. The summed E-state index contributed by atoms with van der Waals surface area (Å²) in [5.74, 6) is -0.706. The number of aryl methyl sites for hydroxylation is 1. The number of rotatable bonds is 2. The molecule has 4 rings (SSSR count). The van der Waals surface area contributed by atoms with Crippen molar-refractivity contribution in [3.05, 3.63) is 59.9 Å². The Labute approximate surface area is 145 Å². The van der Waals surface area contributed by atoms with Crippen LogP contribution >= 0.6 is 11.3 Å². The molecule has 3 heteroatoms. The zero-order valence-electron chi connectivity index (χ0n) is 16.9. The lowest BCUT2D eigenvalue weighted by atomic mass is 10.0. The first kappa shape index (κ1) is 10.5. The Morgan fingerprint density at radius 1 is 1.13 bits per heavy atom. The van der Waals surface area contributed by atoms with Crippen molar-refractivity contribution in [1.82, 2.24) is 9.97 Å². The highest BCUT2D eigenvalue weighted by Crippen LogP contribution is 2.38. The molecule has 0 atom stereocenters. The molecule has 0 amide bonds. The predicted octanol–water partition coefficient (Wildman–Crippen LogP) is 5.94. The topological polar surface area (TPSA) is 25.8 Å². The van der Waals surface area contributed by atoms with E-state index in [2.05, 4.69) is 9.97 Å². The van der Waals surface area contributed by atoms with Crippen LogP contribution < -0.4 is 0 Å². The fourth-order valence-electron chi connectivity index (χ4n) is 2.77. The van der Waals surface area contributed by atoms with Crippen LogP contribution in [-0.2, 0) is 0 Å². The Hall–Kier alpha value is -2.26. The summed E-state index contributed by atoms with van der Waals surface area (Å²) in [6, 6.07) is 13.2. The van der Waals surface area contributed by atoms with Crippen LogP contribution in [0, 0.1) is 6.85 Å². The van der Waals surface area contributed by atoms with Crippen LogP contribution in [0.3, 0.4) is 0 Å². The predicted molar refractivity (Wildman–Crippen MR) is 99.2 cm³/mol. The van der Waals surface area contributed by atoms with E-state index < -0.39 is 12.7 Å². The standard InChI is InChI=1S/C20H18N2S/c1-12(2)14-9-10-21-18(11-14)17-6-4-5-15-16-8-7-13(3)22-20(16)23-19(15)17/h4-12H,1-3H3/i3D3,12D. The molecular formula is C20H18N2S. The normalized spacial score (nSPS) is 15.2. The third-order valence-electron chi connectivity index (χ3n) is 3.98. The zero-order chi connectivity index (χ0) is 19.4. The average molecular weight is 322 g/mol. The lowest BCUT2D eigenvalue weighted by Gasteiger charge is -2.08. The van der Waals surface area contributed by atoms with Crippen LogP contribution in [0.4, 0.5) is 0 Å². The molecule has 23 heavy (non-hydrogen) atoms. The maximum Gasteiger partial charge on any atom is 0.124 e. The lowest BCUT2D eigenvalue weighted by Crippen LogP contribution is -1.90. The van der Waals surface area contributed by atoms with Crippen LogP contribution in [0.2, 0.25) is 0 Å². The molecule has 0 aliphatic carbocycles. The van der Waals surface area contributed by atoms with E-state index in [0.717, 1.165) is 32.3 Å². The minimum atomic E-state index is -2.22. The average Bonchev–Trinajstić information content (AvgIpc) is 2.98. The van der Waals surface area contributed by atoms with E-state index in [0.29, 0.717) is 4.83 Å². The molecule has 0 N–H and O–H groups in total. The summed E-state index contributed by atoms with van der Waals surface area (Å²) in [6.45, 7) is 1.49. The van der Waals surface area contributed by atoms with Gasteiger partial charge in [0.15, 0.2) is 0 Å². The molecule has 0 unspecified atom stereocenters. The maximum absolute atomic E-state index is 8.28. The van der Waals surface area contributed by atoms with Gasteiger partial charge in [-0.15, -0.1) is 11.3 Å². The Kier molecular flexibility index (Phi) is 2.48. The highest BCUT2D eigenvalue weighted by Gasteiger charge is 2.12. The number of fused-ring (bicyclic) bond motifs is 3. The number of hydrogen-bond donors (Lipinski definition) is 0. The van der Waals surface area contributed by atoms with Gasteiger partial charge in [-0.25, -0.2) is 4.98 Å². The van der Waals surface area contributed by atoms with E-state index in [1.165, 1.54) is 11.3 Å². The van der Waals surface area contributed by atoms with Gasteiger partial charge in [-0.3, -0.25) is 4.98 Å². The van der Waals surface area contributed by atoms with Gasteiger partial charge in [-0.1, -0.05) is 32.0 Å². The van der Waals surface area contributed by atoms with Gasteiger partial charge in [0.2, 0.25) is 0 Å². The summed E-state index contributed by atoms with van der Waals surface area (Å²) < 4.78 is 32.1. The Balaban J connectivity index is 1.95. The molecule has 0 aliphatic heterocycles. The van der Waals surface area contributed by atoms with Gasteiger partial charge in [-0.05, 0) is 42.6 Å². The van der Waals surface area contributed by atoms with Crippen molar-refractivity contribution in [3.8, 4) is 11.3 Å². The Morgan fingerprint density at radius 2 is 2.04 bits per heavy atom. The van der Waals surface area contributed by atoms with Gasteiger partial charge in [0.25, 0.3) is 0 Å². The molecule has 3 heterocycles. The number of pyridine rings is 2. The summed E-state index contributed by atoms with van der Waals surface area (Å²) in [5.41, 5.74) is 2.78.